The number of carbonyl (C=O) groups excluding carboxylic acids is 2. The maximum absolute atomic E-state index is 11.9. The second kappa shape index (κ2) is 12.6. The smallest absolute Gasteiger partial charge is 0.326 e. The van der Waals surface area contributed by atoms with Crippen molar-refractivity contribution in [2.75, 3.05) is 13.1 Å². The van der Waals surface area contributed by atoms with Gasteiger partial charge in [-0.3, -0.25) is 9.59 Å². The number of aromatic amines is 1. The van der Waals surface area contributed by atoms with Crippen molar-refractivity contribution < 1.29 is 19.5 Å². The number of benzene rings is 1. The van der Waals surface area contributed by atoms with E-state index in [-0.39, 0.29) is 12.5 Å². The number of para-hydroxylation sites is 1. The maximum Gasteiger partial charge on any atom is 0.326 e. The molecule has 30 heavy (non-hydrogen) atoms. The van der Waals surface area contributed by atoms with Gasteiger partial charge in [0.2, 0.25) is 11.8 Å². The highest BCUT2D eigenvalue weighted by Crippen LogP contribution is 2.17. The monoisotopic (exact) mass is 418 g/mol. The average molecular weight is 419 g/mol. The van der Waals surface area contributed by atoms with Crippen molar-refractivity contribution in [3.05, 3.63) is 36.0 Å². The van der Waals surface area contributed by atoms with Crippen LogP contribution in [0, 0.1) is 6.92 Å². The Hall–Kier alpha value is -2.87. The summed E-state index contributed by atoms with van der Waals surface area (Å²) in [5, 5.41) is 12.6. The second-order valence-corrected chi connectivity index (χ2v) is 6.77. The van der Waals surface area contributed by atoms with E-state index in [4.69, 9.17) is 10.8 Å². The molecule has 1 aliphatic rings. The number of aliphatic carboxylic acids is 1. The minimum absolute atomic E-state index is 0.139. The van der Waals surface area contributed by atoms with E-state index in [1.165, 1.54) is 21.4 Å². The summed E-state index contributed by atoms with van der Waals surface area (Å²) < 4.78 is 0. The number of hydrogen-bond donors (Lipinski definition) is 4. The van der Waals surface area contributed by atoms with Crippen LogP contribution in [-0.2, 0) is 14.4 Å². The molecule has 0 saturated carbocycles. The summed E-state index contributed by atoms with van der Waals surface area (Å²) in [5.41, 5.74) is 7.81. The normalized spacial score (nSPS) is 16.0. The first-order chi connectivity index (χ1) is 14.4. The Kier molecular flexibility index (Phi) is 10.6. The Balaban J connectivity index is 0.000000313. The Labute approximate surface area is 177 Å². The number of rotatable bonds is 5. The van der Waals surface area contributed by atoms with E-state index < -0.39 is 24.0 Å². The number of hydrogen-bond acceptors (Lipinski definition) is 4. The van der Waals surface area contributed by atoms with Gasteiger partial charge in [0.15, 0.2) is 0 Å². The quantitative estimate of drug-likeness (QED) is 0.593. The highest BCUT2D eigenvalue weighted by molar-refractivity contribution is 5.91. The minimum Gasteiger partial charge on any atom is -0.480 e. The number of carboxylic acids is 1. The Morgan fingerprint density at radius 3 is 2.53 bits per heavy atom. The molecule has 1 fully saturated rings. The molecule has 2 heterocycles. The van der Waals surface area contributed by atoms with Gasteiger partial charge in [0, 0.05) is 23.6 Å². The molecule has 8 nitrogen and oxygen atoms in total. The van der Waals surface area contributed by atoms with Gasteiger partial charge in [0.25, 0.3) is 0 Å². The molecule has 1 aliphatic heterocycles. The summed E-state index contributed by atoms with van der Waals surface area (Å²) in [5.74, 6) is -1.76. The molecule has 8 heteroatoms. The molecule has 1 saturated heterocycles. The lowest BCUT2D eigenvalue weighted by Gasteiger charge is -2.24. The standard InChI is InChI=1S/C11H19N3O4.C9H9N.C2H6/c1-2-7(11(17)18)13-10(16)8-4-3-5-14(8)9(15)6-12;1-7-6-10-9-5-3-2-4-8(7)9;1-2/h7-8H,2-6,12H2,1H3,(H,13,16)(H,17,18);2-6,10H,1H3;1-2H3. The van der Waals surface area contributed by atoms with Gasteiger partial charge in [-0.1, -0.05) is 39.0 Å². The number of H-pyrrole nitrogens is 1. The van der Waals surface area contributed by atoms with Gasteiger partial charge in [0.1, 0.15) is 12.1 Å². The molecule has 0 spiro atoms. The summed E-state index contributed by atoms with van der Waals surface area (Å²) in [6.07, 6.45) is 3.62. The molecular weight excluding hydrogens is 384 g/mol. The lowest BCUT2D eigenvalue weighted by Crippen LogP contribution is -2.51. The average Bonchev–Trinajstić information content (AvgIpc) is 3.40. The van der Waals surface area contributed by atoms with Crippen LogP contribution in [0.1, 0.15) is 45.6 Å². The van der Waals surface area contributed by atoms with Crippen LogP contribution in [0.15, 0.2) is 30.5 Å². The zero-order valence-electron chi connectivity index (χ0n) is 18.3. The number of aryl methyl sites for hydroxylation is 1. The summed E-state index contributed by atoms with van der Waals surface area (Å²) in [7, 11) is 0. The maximum atomic E-state index is 11.9. The van der Waals surface area contributed by atoms with Crippen LogP contribution in [0.2, 0.25) is 0 Å². The van der Waals surface area contributed by atoms with Crippen molar-refractivity contribution in [3.8, 4) is 0 Å². The highest BCUT2D eigenvalue weighted by Gasteiger charge is 2.34. The van der Waals surface area contributed by atoms with Crippen molar-refractivity contribution in [1.29, 1.82) is 0 Å². The van der Waals surface area contributed by atoms with Crippen molar-refractivity contribution in [3.63, 3.8) is 0 Å². The van der Waals surface area contributed by atoms with Gasteiger partial charge in [-0.15, -0.1) is 0 Å². The number of nitrogens with one attached hydrogen (secondary N) is 2. The predicted molar refractivity (Wildman–Crippen MR) is 118 cm³/mol. The summed E-state index contributed by atoms with van der Waals surface area (Å²) in [4.78, 5) is 38.9. The Bertz CT molecular complexity index is 833. The van der Waals surface area contributed by atoms with Gasteiger partial charge < -0.3 is 26.0 Å². The Morgan fingerprint density at radius 2 is 1.97 bits per heavy atom. The fourth-order valence-corrected chi connectivity index (χ4v) is 3.28. The van der Waals surface area contributed by atoms with Gasteiger partial charge in [0.05, 0.1) is 6.54 Å². The van der Waals surface area contributed by atoms with Crippen LogP contribution in [0.3, 0.4) is 0 Å². The molecule has 0 radical (unpaired) electrons. The first kappa shape index (κ1) is 25.2. The summed E-state index contributed by atoms with van der Waals surface area (Å²) in [6.45, 7) is 8.15. The van der Waals surface area contributed by atoms with Crippen molar-refractivity contribution in [1.82, 2.24) is 15.2 Å². The molecular formula is C22H34N4O4. The van der Waals surface area contributed by atoms with Crippen LogP contribution in [0.25, 0.3) is 10.9 Å². The fraction of sp³-hybridized carbons (Fsp3) is 0.500. The fourth-order valence-electron chi connectivity index (χ4n) is 3.28. The molecule has 2 amide bonds. The topological polar surface area (TPSA) is 129 Å². The van der Waals surface area contributed by atoms with E-state index in [1.807, 2.05) is 26.1 Å². The van der Waals surface area contributed by atoms with Gasteiger partial charge in [-0.2, -0.15) is 0 Å². The van der Waals surface area contributed by atoms with E-state index in [0.717, 1.165) is 6.42 Å². The zero-order valence-corrected chi connectivity index (χ0v) is 18.3. The van der Waals surface area contributed by atoms with Crippen molar-refractivity contribution >= 4 is 28.7 Å². The third-order valence-electron chi connectivity index (χ3n) is 4.87. The molecule has 166 valence electrons. The second-order valence-electron chi connectivity index (χ2n) is 6.77. The minimum atomic E-state index is -1.07. The summed E-state index contributed by atoms with van der Waals surface area (Å²) in [6, 6.07) is 6.81. The van der Waals surface area contributed by atoms with E-state index >= 15 is 0 Å². The molecule has 1 aromatic carbocycles. The van der Waals surface area contributed by atoms with E-state index in [9.17, 15) is 14.4 Å². The van der Waals surface area contributed by atoms with E-state index in [2.05, 4.69) is 35.4 Å². The molecule has 3 rings (SSSR count). The van der Waals surface area contributed by atoms with Crippen LogP contribution < -0.4 is 11.1 Å². The number of amides is 2. The van der Waals surface area contributed by atoms with Crippen molar-refractivity contribution in [2.45, 2.75) is 59.0 Å². The Morgan fingerprint density at radius 1 is 1.30 bits per heavy atom. The number of carbonyl (C=O) groups is 3. The molecule has 1 aromatic heterocycles. The number of nitrogens with zero attached hydrogens (tertiary/aromatic N) is 1. The van der Waals surface area contributed by atoms with Gasteiger partial charge >= 0.3 is 5.97 Å². The number of fused-ring (bicyclic) bond motifs is 1. The first-order valence-corrected chi connectivity index (χ1v) is 10.4. The number of aromatic nitrogens is 1. The lowest BCUT2D eigenvalue weighted by atomic mass is 10.1. The highest BCUT2D eigenvalue weighted by atomic mass is 16.4. The molecule has 0 bridgehead atoms. The number of nitrogens with two attached hydrogens (primary N) is 1. The van der Waals surface area contributed by atoms with Crippen molar-refractivity contribution in [2.24, 2.45) is 5.73 Å². The predicted octanol–water partition coefficient (Wildman–Crippen LogP) is 2.42. The first-order valence-electron chi connectivity index (χ1n) is 10.4. The number of carboxylic acid groups (broad SMARTS) is 1. The number of likely N-dealkylation sites (tertiary alicyclic amines) is 1. The van der Waals surface area contributed by atoms with E-state index in [1.54, 1.807) is 6.92 Å². The van der Waals surface area contributed by atoms with Crippen LogP contribution >= 0.6 is 0 Å². The third-order valence-corrected chi connectivity index (χ3v) is 4.87. The van der Waals surface area contributed by atoms with Gasteiger partial charge in [-0.25, -0.2) is 4.79 Å². The van der Waals surface area contributed by atoms with Gasteiger partial charge in [-0.05, 0) is 37.8 Å². The zero-order chi connectivity index (χ0) is 22.7. The van der Waals surface area contributed by atoms with E-state index in [0.29, 0.717) is 19.4 Å². The molecule has 5 N–H and O–H groups in total. The van der Waals surface area contributed by atoms with Crippen LogP contribution in [0.5, 0.6) is 0 Å². The largest absolute Gasteiger partial charge is 0.480 e. The SMILES string of the molecule is CC.CCC(NC(=O)C1CCCN1C(=O)CN)C(=O)O.Cc1c[nH]c2ccccc12. The lowest BCUT2D eigenvalue weighted by molar-refractivity contribution is -0.143. The third kappa shape index (κ3) is 6.59. The van der Waals surface area contributed by atoms with Crippen LogP contribution in [0.4, 0.5) is 0 Å². The molecule has 0 aliphatic carbocycles. The molecule has 2 atom stereocenters. The molecule has 2 aromatic rings. The van der Waals surface area contributed by atoms with Crippen LogP contribution in [-0.4, -0.2) is 57.9 Å². The summed E-state index contributed by atoms with van der Waals surface area (Å²) >= 11 is 0. The molecule has 2 unspecified atom stereocenters.